The fourth-order valence-electron chi connectivity index (χ4n) is 1.70. The molecule has 1 amide bonds. The number of nitrogens with one attached hydrogen (secondary N) is 1. The number of alkyl halides is 2. The van der Waals surface area contributed by atoms with Gasteiger partial charge in [0.25, 0.3) is 0 Å². The van der Waals surface area contributed by atoms with Crippen LogP contribution in [0.2, 0.25) is 0 Å². The molecule has 0 aliphatic heterocycles. The molecule has 1 N–H and O–H groups in total. The summed E-state index contributed by atoms with van der Waals surface area (Å²) in [4.78, 5) is 11.5. The molecular formula is C13H15F2NO3S. The van der Waals surface area contributed by atoms with Gasteiger partial charge in [0.2, 0.25) is 10.0 Å². The molecule has 1 saturated carbocycles. The molecular weight excluding hydrogens is 288 g/mol. The van der Waals surface area contributed by atoms with Crippen molar-refractivity contribution in [3.05, 3.63) is 35.9 Å². The molecule has 1 aliphatic rings. The van der Waals surface area contributed by atoms with Gasteiger partial charge in [-0.15, -0.1) is 0 Å². The van der Waals surface area contributed by atoms with E-state index in [4.69, 9.17) is 0 Å². The van der Waals surface area contributed by atoms with Crippen LogP contribution in [0.3, 0.4) is 0 Å². The summed E-state index contributed by atoms with van der Waals surface area (Å²) in [7, 11) is -4.04. The molecule has 110 valence electrons. The third-order valence-electron chi connectivity index (χ3n) is 3.43. The summed E-state index contributed by atoms with van der Waals surface area (Å²) in [6, 6.07) is 7.73. The van der Waals surface area contributed by atoms with Crippen LogP contribution in [0.5, 0.6) is 0 Å². The van der Waals surface area contributed by atoms with Crippen LogP contribution in [-0.2, 0) is 21.2 Å². The first-order valence-electron chi connectivity index (χ1n) is 6.15. The number of carbonyl (C=O) groups is 1. The van der Waals surface area contributed by atoms with Crippen molar-refractivity contribution in [2.24, 2.45) is 0 Å². The quantitative estimate of drug-likeness (QED) is 0.903. The molecule has 20 heavy (non-hydrogen) atoms. The fraction of sp³-hybridized carbons (Fsp3) is 0.462. The minimum absolute atomic E-state index is 0.266. The van der Waals surface area contributed by atoms with Crippen LogP contribution in [0, 0.1) is 0 Å². The first kappa shape index (κ1) is 14.9. The fourth-order valence-corrected chi connectivity index (χ4v) is 2.98. The van der Waals surface area contributed by atoms with E-state index in [1.165, 1.54) is 23.8 Å². The van der Waals surface area contributed by atoms with E-state index in [2.05, 4.69) is 0 Å². The minimum atomic E-state index is -4.04. The maximum absolute atomic E-state index is 13.8. The Morgan fingerprint density at radius 2 is 1.85 bits per heavy atom. The van der Waals surface area contributed by atoms with Gasteiger partial charge in [0, 0.05) is 6.42 Å². The Bertz CT molecular complexity index is 610. The van der Waals surface area contributed by atoms with Gasteiger partial charge >= 0.3 is 11.8 Å². The lowest BCUT2D eigenvalue weighted by atomic mass is 10.1. The molecule has 0 aromatic heterocycles. The van der Waals surface area contributed by atoms with E-state index < -0.39 is 33.0 Å². The van der Waals surface area contributed by atoms with Crippen molar-refractivity contribution in [1.29, 1.82) is 0 Å². The Labute approximate surface area is 116 Å². The SMILES string of the molecule is CC1(S(=O)(=O)NC(=O)C(F)(F)Cc2ccccc2)CC1. The smallest absolute Gasteiger partial charge is 0.267 e. The normalized spacial score (nSPS) is 17.6. The van der Waals surface area contributed by atoms with E-state index >= 15 is 0 Å². The highest BCUT2D eigenvalue weighted by Crippen LogP contribution is 2.42. The van der Waals surface area contributed by atoms with Crippen molar-refractivity contribution in [3.63, 3.8) is 0 Å². The second-order valence-corrected chi connectivity index (χ2v) is 7.45. The van der Waals surface area contributed by atoms with Gasteiger partial charge < -0.3 is 0 Å². The molecule has 4 nitrogen and oxygen atoms in total. The van der Waals surface area contributed by atoms with E-state index in [1.807, 2.05) is 0 Å². The zero-order valence-corrected chi connectivity index (χ0v) is 11.7. The Morgan fingerprint density at radius 3 is 2.35 bits per heavy atom. The summed E-state index contributed by atoms with van der Waals surface area (Å²) in [6.07, 6.45) is -0.0777. The van der Waals surface area contributed by atoms with Gasteiger partial charge in [-0.2, -0.15) is 8.78 Å². The van der Waals surface area contributed by atoms with Gasteiger partial charge in [0.1, 0.15) is 0 Å². The molecule has 7 heteroatoms. The summed E-state index contributed by atoms with van der Waals surface area (Å²) >= 11 is 0. The van der Waals surface area contributed by atoms with Gasteiger partial charge in [0.15, 0.2) is 0 Å². The number of benzene rings is 1. The van der Waals surface area contributed by atoms with Crippen molar-refractivity contribution < 1.29 is 22.0 Å². The number of sulfonamides is 1. The monoisotopic (exact) mass is 303 g/mol. The van der Waals surface area contributed by atoms with Gasteiger partial charge in [-0.1, -0.05) is 30.3 Å². The van der Waals surface area contributed by atoms with Crippen LogP contribution >= 0.6 is 0 Å². The largest absolute Gasteiger partial charge is 0.329 e. The van der Waals surface area contributed by atoms with E-state index in [-0.39, 0.29) is 5.56 Å². The topological polar surface area (TPSA) is 63.2 Å². The minimum Gasteiger partial charge on any atom is -0.267 e. The number of carbonyl (C=O) groups excluding carboxylic acids is 1. The van der Waals surface area contributed by atoms with Crippen molar-refractivity contribution in [3.8, 4) is 0 Å². The highest BCUT2D eigenvalue weighted by Gasteiger charge is 2.53. The highest BCUT2D eigenvalue weighted by molar-refractivity contribution is 7.91. The number of rotatable bonds is 5. The number of halogens is 2. The van der Waals surface area contributed by atoms with Crippen molar-refractivity contribution >= 4 is 15.9 Å². The van der Waals surface area contributed by atoms with Crippen LogP contribution in [0.4, 0.5) is 8.78 Å². The summed E-state index contributed by atoms with van der Waals surface area (Å²) in [5.74, 6) is -5.53. The number of amides is 1. The molecule has 1 aromatic carbocycles. The van der Waals surface area contributed by atoms with E-state index in [0.29, 0.717) is 12.8 Å². The lowest BCUT2D eigenvalue weighted by Gasteiger charge is -2.18. The van der Waals surface area contributed by atoms with E-state index in [1.54, 1.807) is 18.2 Å². The molecule has 0 saturated heterocycles. The van der Waals surface area contributed by atoms with Crippen LogP contribution < -0.4 is 4.72 Å². The molecule has 0 spiro atoms. The molecule has 0 heterocycles. The first-order valence-corrected chi connectivity index (χ1v) is 7.63. The summed E-state index contributed by atoms with van der Waals surface area (Å²) in [5.41, 5.74) is 0.266. The molecule has 1 aromatic rings. The van der Waals surface area contributed by atoms with Crippen LogP contribution in [0.1, 0.15) is 25.3 Å². The van der Waals surface area contributed by atoms with Crippen molar-refractivity contribution in [2.45, 2.75) is 36.9 Å². The van der Waals surface area contributed by atoms with E-state index in [0.717, 1.165) is 0 Å². The Kier molecular flexibility index (Phi) is 3.58. The summed E-state index contributed by atoms with van der Waals surface area (Å²) in [6.45, 7) is 1.43. The van der Waals surface area contributed by atoms with Gasteiger partial charge in [-0.25, -0.2) is 13.1 Å². The maximum Gasteiger partial charge on any atom is 0.329 e. The lowest BCUT2D eigenvalue weighted by Crippen LogP contribution is -2.47. The van der Waals surface area contributed by atoms with Crippen molar-refractivity contribution in [1.82, 2.24) is 4.72 Å². The molecule has 2 rings (SSSR count). The molecule has 0 radical (unpaired) electrons. The second kappa shape index (κ2) is 4.80. The van der Waals surface area contributed by atoms with Crippen LogP contribution in [0.25, 0.3) is 0 Å². The number of hydrogen-bond donors (Lipinski definition) is 1. The van der Waals surface area contributed by atoms with Crippen molar-refractivity contribution in [2.75, 3.05) is 0 Å². The molecule has 0 atom stereocenters. The van der Waals surface area contributed by atoms with Gasteiger partial charge in [0.05, 0.1) is 4.75 Å². The summed E-state index contributed by atoms with van der Waals surface area (Å²) < 4.78 is 51.5. The Balaban J connectivity index is 2.08. The van der Waals surface area contributed by atoms with Gasteiger partial charge in [-0.3, -0.25) is 4.79 Å². The lowest BCUT2D eigenvalue weighted by molar-refractivity contribution is -0.143. The Hall–Kier alpha value is -1.50. The van der Waals surface area contributed by atoms with Crippen LogP contribution in [0.15, 0.2) is 30.3 Å². The maximum atomic E-state index is 13.8. The predicted molar refractivity (Wildman–Crippen MR) is 69.8 cm³/mol. The predicted octanol–water partition coefficient (Wildman–Crippen LogP) is 1.86. The third kappa shape index (κ3) is 2.98. The van der Waals surface area contributed by atoms with Crippen LogP contribution in [-0.4, -0.2) is 25.0 Å². The molecule has 0 unspecified atom stereocenters. The summed E-state index contributed by atoms with van der Waals surface area (Å²) in [5, 5.41) is 0. The Morgan fingerprint density at radius 1 is 1.30 bits per heavy atom. The average molecular weight is 303 g/mol. The third-order valence-corrected chi connectivity index (χ3v) is 5.59. The average Bonchev–Trinajstić information content (AvgIpc) is 3.09. The zero-order valence-electron chi connectivity index (χ0n) is 10.9. The zero-order chi connectivity index (χ0) is 15.0. The van der Waals surface area contributed by atoms with Gasteiger partial charge in [-0.05, 0) is 25.3 Å². The molecule has 1 aliphatic carbocycles. The van der Waals surface area contributed by atoms with E-state index in [9.17, 15) is 22.0 Å². The first-order chi connectivity index (χ1) is 9.16. The standard InChI is InChI=1S/C13H15F2NO3S/c1-12(7-8-12)20(18,19)16-11(17)13(14,15)9-10-5-3-2-4-6-10/h2-6H,7-9H2,1H3,(H,16,17). The molecule has 0 bridgehead atoms. The number of hydrogen-bond acceptors (Lipinski definition) is 3. The highest BCUT2D eigenvalue weighted by atomic mass is 32.2. The molecule has 1 fully saturated rings. The second-order valence-electron chi connectivity index (χ2n) is 5.25.